The molecule has 64 valence electrons. The molecule has 0 aromatic rings. The van der Waals surface area contributed by atoms with E-state index in [0.717, 1.165) is 12.5 Å². The van der Waals surface area contributed by atoms with Gasteiger partial charge in [-0.2, -0.15) is 0 Å². The zero-order chi connectivity index (χ0) is 8.27. The third kappa shape index (κ3) is 2.06. The van der Waals surface area contributed by atoms with Gasteiger partial charge in [-0.25, -0.2) is 0 Å². The lowest BCUT2D eigenvalue weighted by molar-refractivity contribution is 0.372. The standard InChI is InChI=1S/C10H19N/c1-8-5-3-4-6-10(8)9(2)7-11/h5,9-10H,3-4,6-7,11H2,1-2H3. The third-order valence-corrected chi connectivity index (χ3v) is 2.83. The fourth-order valence-electron chi connectivity index (χ4n) is 1.94. The minimum Gasteiger partial charge on any atom is -0.330 e. The van der Waals surface area contributed by atoms with Crippen LogP contribution in [0.3, 0.4) is 0 Å². The molecule has 0 fully saturated rings. The average Bonchev–Trinajstić information content (AvgIpc) is 2.04. The van der Waals surface area contributed by atoms with Gasteiger partial charge in [-0.1, -0.05) is 18.6 Å². The molecule has 1 aliphatic carbocycles. The summed E-state index contributed by atoms with van der Waals surface area (Å²) in [5, 5.41) is 0. The summed E-state index contributed by atoms with van der Waals surface area (Å²) in [6.07, 6.45) is 6.35. The molecular weight excluding hydrogens is 134 g/mol. The van der Waals surface area contributed by atoms with Crippen LogP contribution in [-0.2, 0) is 0 Å². The van der Waals surface area contributed by atoms with Gasteiger partial charge in [-0.05, 0) is 44.6 Å². The second-order valence-corrected chi connectivity index (χ2v) is 3.70. The highest BCUT2D eigenvalue weighted by molar-refractivity contribution is 5.07. The summed E-state index contributed by atoms with van der Waals surface area (Å²) in [5.41, 5.74) is 7.20. The highest BCUT2D eigenvalue weighted by atomic mass is 14.5. The minimum atomic E-state index is 0.673. The Labute approximate surface area is 69.7 Å². The van der Waals surface area contributed by atoms with Crippen molar-refractivity contribution in [2.24, 2.45) is 17.6 Å². The third-order valence-electron chi connectivity index (χ3n) is 2.83. The van der Waals surface area contributed by atoms with Crippen molar-refractivity contribution in [3.05, 3.63) is 11.6 Å². The molecule has 0 saturated carbocycles. The molecule has 0 amide bonds. The Balaban J connectivity index is 2.55. The Bertz CT molecular complexity index is 149. The van der Waals surface area contributed by atoms with Crippen LogP contribution in [0.2, 0.25) is 0 Å². The summed E-state index contributed by atoms with van der Waals surface area (Å²) in [6.45, 7) is 5.33. The maximum atomic E-state index is 5.64. The van der Waals surface area contributed by atoms with E-state index in [2.05, 4.69) is 19.9 Å². The van der Waals surface area contributed by atoms with E-state index in [1.807, 2.05) is 0 Å². The van der Waals surface area contributed by atoms with Crippen LogP contribution in [0.4, 0.5) is 0 Å². The molecule has 0 saturated heterocycles. The van der Waals surface area contributed by atoms with Gasteiger partial charge in [-0.3, -0.25) is 0 Å². The van der Waals surface area contributed by atoms with Crippen LogP contribution in [0.25, 0.3) is 0 Å². The molecular formula is C10H19N. The lowest BCUT2D eigenvalue weighted by Gasteiger charge is -2.26. The molecule has 0 radical (unpaired) electrons. The van der Waals surface area contributed by atoms with Gasteiger partial charge in [0.05, 0.1) is 0 Å². The van der Waals surface area contributed by atoms with Crippen molar-refractivity contribution in [2.45, 2.75) is 33.1 Å². The van der Waals surface area contributed by atoms with Crippen molar-refractivity contribution in [2.75, 3.05) is 6.54 Å². The smallest absolute Gasteiger partial charge is 0.00458 e. The molecule has 2 atom stereocenters. The molecule has 0 aliphatic heterocycles. The van der Waals surface area contributed by atoms with Crippen LogP contribution in [0, 0.1) is 11.8 Å². The number of rotatable bonds is 2. The predicted molar refractivity (Wildman–Crippen MR) is 49.3 cm³/mol. The molecule has 0 bridgehead atoms. The molecule has 11 heavy (non-hydrogen) atoms. The maximum absolute atomic E-state index is 5.64. The molecule has 0 aromatic carbocycles. The van der Waals surface area contributed by atoms with Crippen LogP contribution in [0.1, 0.15) is 33.1 Å². The minimum absolute atomic E-state index is 0.673. The summed E-state index contributed by atoms with van der Waals surface area (Å²) < 4.78 is 0. The van der Waals surface area contributed by atoms with Crippen LogP contribution in [0.15, 0.2) is 11.6 Å². The van der Waals surface area contributed by atoms with E-state index in [1.165, 1.54) is 19.3 Å². The zero-order valence-corrected chi connectivity index (χ0v) is 7.64. The SMILES string of the molecule is CC1=CCCCC1C(C)CN. The first-order chi connectivity index (χ1) is 5.25. The summed E-state index contributed by atoms with van der Waals surface area (Å²) in [5.74, 6) is 1.44. The molecule has 1 rings (SSSR count). The summed E-state index contributed by atoms with van der Waals surface area (Å²) in [6, 6.07) is 0. The van der Waals surface area contributed by atoms with Crippen molar-refractivity contribution in [3.63, 3.8) is 0 Å². The van der Waals surface area contributed by atoms with Gasteiger partial charge < -0.3 is 5.73 Å². The summed E-state index contributed by atoms with van der Waals surface area (Å²) in [7, 11) is 0. The lowest BCUT2D eigenvalue weighted by Crippen LogP contribution is -2.23. The van der Waals surface area contributed by atoms with Crippen molar-refractivity contribution in [3.8, 4) is 0 Å². The van der Waals surface area contributed by atoms with E-state index in [9.17, 15) is 0 Å². The molecule has 2 N–H and O–H groups in total. The van der Waals surface area contributed by atoms with Gasteiger partial charge in [0.15, 0.2) is 0 Å². The Kier molecular flexibility index (Phi) is 3.13. The van der Waals surface area contributed by atoms with Crippen LogP contribution in [0.5, 0.6) is 0 Å². The Morgan fingerprint density at radius 1 is 1.73 bits per heavy atom. The fourth-order valence-corrected chi connectivity index (χ4v) is 1.94. The fraction of sp³-hybridized carbons (Fsp3) is 0.800. The van der Waals surface area contributed by atoms with Crippen LogP contribution in [-0.4, -0.2) is 6.54 Å². The molecule has 1 aliphatic rings. The lowest BCUT2D eigenvalue weighted by atomic mass is 9.80. The van der Waals surface area contributed by atoms with Crippen molar-refractivity contribution < 1.29 is 0 Å². The maximum Gasteiger partial charge on any atom is -0.00458 e. The summed E-state index contributed by atoms with van der Waals surface area (Å²) >= 11 is 0. The first-order valence-electron chi connectivity index (χ1n) is 4.62. The second kappa shape index (κ2) is 3.91. The van der Waals surface area contributed by atoms with Crippen molar-refractivity contribution >= 4 is 0 Å². The van der Waals surface area contributed by atoms with E-state index in [1.54, 1.807) is 5.57 Å². The van der Waals surface area contributed by atoms with E-state index in [4.69, 9.17) is 5.73 Å². The zero-order valence-electron chi connectivity index (χ0n) is 7.64. The summed E-state index contributed by atoms with van der Waals surface area (Å²) in [4.78, 5) is 0. The van der Waals surface area contributed by atoms with Gasteiger partial charge in [0.25, 0.3) is 0 Å². The quantitative estimate of drug-likeness (QED) is 0.605. The second-order valence-electron chi connectivity index (χ2n) is 3.70. The number of hydrogen-bond acceptors (Lipinski definition) is 1. The van der Waals surface area contributed by atoms with Gasteiger partial charge in [0.1, 0.15) is 0 Å². The van der Waals surface area contributed by atoms with Crippen LogP contribution < -0.4 is 5.73 Å². The van der Waals surface area contributed by atoms with E-state index in [-0.39, 0.29) is 0 Å². The number of allylic oxidation sites excluding steroid dienone is 2. The molecule has 0 aromatic heterocycles. The molecule has 1 nitrogen and oxygen atoms in total. The largest absolute Gasteiger partial charge is 0.330 e. The molecule has 2 unspecified atom stereocenters. The van der Waals surface area contributed by atoms with Gasteiger partial charge in [-0.15, -0.1) is 0 Å². The van der Waals surface area contributed by atoms with E-state index < -0.39 is 0 Å². The predicted octanol–water partition coefficient (Wildman–Crippen LogP) is 2.33. The Morgan fingerprint density at radius 2 is 2.45 bits per heavy atom. The first-order valence-corrected chi connectivity index (χ1v) is 4.62. The van der Waals surface area contributed by atoms with E-state index in [0.29, 0.717) is 5.92 Å². The molecule has 0 heterocycles. The normalized spacial score (nSPS) is 27.9. The number of nitrogens with two attached hydrogens (primary N) is 1. The van der Waals surface area contributed by atoms with Crippen LogP contribution >= 0.6 is 0 Å². The van der Waals surface area contributed by atoms with Crippen molar-refractivity contribution in [1.82, 2.24) is 0 Å². The Morgan fingerprint density at radius 3 is 3.00 bits per heavy atom. The van der Waals surface area contributed by atoms with Gasteiger partial charge in [0, 0.05) is 0 Å². The topological polar surface area (TPSA) is 26.0 Å². The highest BCUT2D eigenvalue weighted by Gasteiger charge is 2.19. The van der Waals surface area contributed by atoms with Crippen molar-refractivity contribution in [1.29, 1.82) is 0 Å². The first kappa shape index (κ1) is 8.79. The Hall–Kier alpha value is -0.300. The van der Waals surface area contributed by atoms with Gasteiger partial charge in [0.2, 0.25) is 0 Å². The molecule has 1 heteroatoms. The van der Waals surface area contributed by atoms with E-state index >= 15 is 0 Å². The van der Waals surface area contributed by atoms with Gasteiger partial charge >= 0.3 is 0 Å². The number of hydrogen-bond donors (Lipinski definition) is 1. The molecule has 0 spiro atoms. The monoisotopic (exact) mass is 153 g/mol. The highest BCUT2D eigenvalue weighted by Crippen LogP contribution is 2.29. The average molecular weight is 153 g/mol.